The highest BCUT2D eigenvalue weighted by Gasteiger charge is 2.34. The molecule has 0 unspecified atom stereocenters. The minimum absolute atomic E-state index is 0.00694. The van der Waals surface area contributed by atoms with Gasteiger partial charge in [0.05, 0.1) is 5.69 Å². The number of nitrogens with zero attached hydrogens (tertiary/aromatic N) is 2. The van der Waals surface area contributed by atoms with E-state index in [-0.39, 0.29) is 4.91 Å². The Labute approximate surface area is 170 Å². The van der Waals surface area contributed by atoms with Gasteiger partial charge in [-0.2, -0.15) is 18.3 Å². The van der Waals surface area contributed by atoms with Crippen molar-refractivity contribution in [2.45, 2.75) is 40.8 Å². The summed E-state index contributed by atoms with van der Waals surface area (Å²) in [7, 11) is -2.14. The zero-order valence-corrected chi connectivity index (χ0v) is 18.3. The molecule has 5 nitrogen and oxygen atoms in total. The van der Waals surface area contributed by atoms with Gasteiger partial charge in [0.2, 0.25) is 10.0 Å². The first kappa shape index (κ1) is 26.6. The van der Waals surface area contributed by atoms with Crippen molar-refractivity contribution in [2.24, 2.45) is 12.2 Å². The Balaban J connectivity index is 0.000000543. The van der Waals surface area contributed by atoms with Crippen molar-refractivity contribution in [1.82, 2.24) is 9.78 Å². The summed E-state index contributed by atoms with van der Waals surface area (Å²) in [6.07, 6.45) is -2.29. The van der Waals surface area contributed by atoms with E-state index in [9.17, 15) is 21.6 Å². The molecule has 1 heterocycles. The third-order valence-corrected chi connectivity index (χ3v) is 4.55. The molecule has 2 rings (SSSR count). The smallest absolute Gasteiger partial charge is 0.263 e. The topological polar surface area (TPSA) is 78.0 Å². The number of halogens is 3. The Bertz CT molecular complexity index is 938. The van der Waals surface area contributed by atoms with E-state index < -0.39 is 21.9 Å². The van der Waals surface area contributed by atoms with Gasteiger partial charge in [-0.3, -0.25) is 4.68 Å². The summed E-state index contributed by atoms with van der Waals surface area (Å²) >= 11 is 0. The molecule has 1 aromatic carbocycles. The molecule has 0 bridgehead atoms. The number of benzene rings is 1. The number of aryl methyl sites for hydroxylation is 2. The summed E-state index contributed by atoms with van der Waals surface area (Å²) < 4.78 is 58.6. The van der Waals surface area contributed by atoms with E-state index >= 15 is 0 Å². The monoisotopic (exact) mass is 431 g/mol. The molecule has 2 N–H and O–H groups in total. The van der Waals surface area contributed by atoms with Gasteiger partial charge in [0.25, 0.3) is 0 Å². The van der Waals surface area contributed by atoms with Gasteiger partial charge in [0.1, 0.15) is 5.69 Å². The van der Waals surface area contributed by atoms with Crippen molar-refractivity contribution in [3.8, 4) is 11.3 Å². The maximum atomic E-state index is 12.6. The van der Waals surface area contributed by atoms with Crippen LogP contribution in [0.5, 0.6) is 0 Å². The lowest BCUT2D eigenvalue weighted by atomic mass is 10.1. The number of rotatable bonds is 2. The van der Waals surface area contributed by atoms with E-state index in [0.717, 1.165) is 16.3 Å². The van der Waals surface area contributed by atoms with Crippen molar-refractivity contribution in [3.63, 3.8) is 0 Å². The highest BCUT2D eigenvalue weighted by molar-refractivity contribution is 7.93. The Kier molecular flexibility index (Phi) is 10.1. The molecule has 2 aromatic rings. The third kappa shape index (κ3) is 10.1. The fourth-order valence-corrected chi connectivity index (χ4v) is 1.60. The van der Waals surface area contributed by atoms with Gasteiger partial charge in [0.15, 0.2) is 0 Å². The standard InChI is InChI=1S/C12H11F3N2.C5H10.C3H7NO2S/c1-8-3-5-9(6-4-8)10-7-11(12(13,14)15)17(2)16-10;1-4-5(2)3;1-3(2)7(4,5)6/h3-7H,1-2H3;4H,1-3H3;1H2,2H3,(H2,4,5,6). The lowest BCUT2D eigenvalue weighted by Crippen LogP contribution is -2.11. The highest BCUT2D eigenvalue weighted by atomic mass is 32.2. The Morgan fingerprint density at radius 2 is 1.59 bits per heavy atom. The van der Waals surface area contributed by atoms with Crippen molar-refractivity contribution < 1.29 is 21.6 Å². The van der Waals surface area contributed by atoms with Gasteiger partial charge in [-0.05, 0) is 40.7 Å². The molecule has 29 heavy (non-hydrogen) atoms. The van der Waals surface area contributed by atoms with Crippen LogP contribution in [0.2, 0.25) is 0 Å². The van der Waals surface area contributed by atoms with Crippen LogP contribution in [0.15, 0.2) is 53.5 Å². The molecular weight excluding hydrogens is 403 g/mol. The molecule has 0 spiro atoms. The molecule has 0 aliphatic carbocycles. The number of hydrogen-bond donors (Lipinski definition) is 1. The normalized spacial score (nSPS) is 10.8. The highest BCUT2D eigenvalue weighted by Crippen LogP contribution is 2.31. The van der Waals surface area contributed by atoms with Crippen LogP contribution in [0.3, 0.4) is 0 Å². The molecular formula is C20H28F3N3O2S. The van der Waals surface area contributed by atoms with Gasteiger partial charge in [-0.15, -0.1) is 0 Å². The molecule has 0 saturated carbocycles. The van der Waals surface area contributed by atoms with Crippen molar-refractivity contribution >= 4 is 10.0 Å². The molecule has 9 heteroatoms. The van der Waals surface area contributed by atoms with Crippen LogP contribution in [-0.2, 0) is 23.2 Å². The zero-order chi connectivity index (χ0) is 23.0. The van der Waals surface area contributed by atoms with E-state index in [4.69, 9.17) is 0 Å². The predicted molar refractivity (Wildman–Crippen MR) is 111 cm³/mol. The fraction of sp³-hybridized carbons (Fsp3) is 0.350. The van der Waals surface area contributed by atoms with Gasteiger partial charge < -0.3 is 0 Å². The molecule has 0 fully saturated rings. The Hall–Kier alpha value is -2.39. The first-order valence-corrected chi connectivity index (χ1v) is 10.1. The van der Waals surface area contributed by atoms with Crippen molar-refractivity contribution in [1.29, 1.82) is 0 Å². The van der Waals surface area contributed by atoms with Crippen LogP contribution < -0.4 is 5.14 Å². The summed E-state index contributed by atoms with van der Waals surface area (Å²) in [4.78, 5) is -0.00694. The van der Waals surface area contributed by atoms with Crippen LogP contribution >= 0.6 is 0 Å². The maximum absolute atomic E-state index is 12.6. The van der Waals surface area contributed by atoms with E-state index in [1.165, 1.54) is 19.5 Å². The van der Waals surface area contributed by atoms with Crippen LogP contribution in [0.4, 0.5) is 13.2 Å². The van der Waals surface area contributed by atoms with E-state index in [0.29, 0.717) is 11.3 Å². The molecule has 0 aliphatic heterocycles. The second-order valence-electron chi connectivity index (χ2n) is 6.52. The molecule has 1 aromatic heterocycles. The molecule has 0 aliphatic rings. The van der Waals surface area contributed by atoms with Gasteiger partial charge >= 0.3 is 6.18 Å². The summed E-state index contributed by atoms with van der Waals surface area (Å²) in [5, 5.41) is 8.42. The number of alkyl halides is 3. The van der Waals surface area contributed by atoms with Crippen LogP contribution in [0, 0.1) is 6.92 Å². The molecule has 162 valence electrons. The van der Waals surface area contributed by atoms with Crippen LogP contribution in [0.1, 0.15) is 39.0 Å². The first-order valence-electron chi connectivity index (χ1n) is 8.55. The maximum Gasteiger partial charge on any atom is 0.433 e. The molecule has 0 amide bonds. The first-order chi connectivity index (χ1) is 13.1. The Morgan fingerprint density at radius 3 is 1.86 bits per heavy atom. The minimum atomic E-state index is -4.37. The summed E-state index contributed by atoms with van der Waals surface area (Å²) in [5.41, 5.74) is 2.71. The number of nitrogens with two attached hydrogens (primary N) is 1. The van der Waals surface area contributed by atoms with Crippen molar-refractivity contribution in [2.75, 3.05) is 0 Å². The number of aromatic nitrogens is 2. The Morgan fingerprint density at radius 1 is 1.17 bits per heavy atom. The second-order valence-corrected chi connectivity index (χ2v) is 8.30. The number of sulfonamides is 1. The second kappa shape index (κ2) is 11.0. The quantitative estimate of drug-likeness (QED) is 0.664. The lowest BCUT2D eigenvalue weighted by molar-refractivity contribution is -0.143. The minimum Gasteiger partial charge on any atom is -0.263 e. The SMILES string of the molecule is C=C(C)S(N)(=O)=O.CC=C(C)C.Cc1ccc(-c2cc(C(F)(F)F)n(C)n2)cc1. The molecule has 0 radical (unpaired) electrons. The number of hydrogen-bond acceptors (Lipinski definition) is 3. The number of allylic oxidation sites excluding steroid dienone is 3. The third-order valence-electron chi connectivity index (χ3n) is 3.58. The van der Waals surface area contributed by atoms with Gasteiger partial charge in [-0.1, -0.05) is 48.1 Å². The summed E-state index contributed by atoms with van der Waals surface area (Å²) in [5.74, 6) is 0. The van der Waals surface area contributed by atoms with E-state index in [1.807, 2.05) is 26.0 Å². The fourth-order valence-electron chi connectivity index (χ4n) is 1.60. The number of primary sulfonamides is 1. The van der Waals surface area contributed by atoms with Crippen LogP contribution in [0.25, 0.3) is 11.3 Å². The summed E-state index contributed by atoms with van der Waals surface area (Å²) in [6.45, 7) is 12.6. The molecule has 0 atom stereocenters. The largest absolute Gasteiger partial charge is 0.433 e. The van der Waals surface area contributed by atoms with Gasteiger partial charge in [-0.25, -0.2) is 13.6 Å². The van der Waals surface area contributed by atoms with Crippen LogP contribution in [-0.4, -0.2) is 18.2 Å². The average molecular weight is 432 g/mol. The van der Waals surface area contributed by atoms with E-state index in [1.54, 1.807) is 12.1 Å². The zero-order valence-electron chi connectivity index (χ0n) is 17.5. The van der Waals surface area contributed by atoms with Crippen molar-refractivity contribution in [3.05, 3.63) is 64.7 Å². The van der Waals surface area contributed by atoms with E-state index in [2.05, 4.69) is 36.7 Å². The molecule has 0 saturated heterocycles. The average Bonchev–Trinajstić information content (AvgIpc) is 2.98. The lowest BCUT2D eigenvalue weighted by Gasteiger charge is -2.04. The van der Waals surface area contributed by atoms with Gasteiger partial charge in [0, 0.05) is 17.5 Å². The summed E-state index contributed by atoms with van der Waals surface area (Å²) in [6, 6.07) is 8.27. The predicted octanol–water partition coefficient (Wildman–Crippen LogP) is 5.20.